The molecule has 0 aliphatic heterocycles. The van der Waals surface area contributed by atoms with Crippen LogP contribution in [-0.2, 0) is 0 Å². The van der Waals surface area contributed by atoms with Gasteiger partial charge in [-0.05, 0) is 94.0 Å². The highest BCUT2D eigenvalue weighted by molar-refractivity contribution is 5.77. The summed E-state index contributed by atoms with van der Waals surface area (Å²) < 4.78 is 0. The fraction of sp³-hybridized carbons (Fsp3) is 0.267. The molecule has 1 N–H and O–H groups in total. The Morgan fingerprint density at radius 2 is 1.71 bits per heavy atom. The third-order valence-corrected chi connectivity index (χ3v) is 5.43. The molecule has 0 spiro atoms. The fourth-order valence-electron chi connectivity index (χ4n) is 3.35. The minimum absolute atomic E-state index is 0.976. The van der Waals surface area contributed by atoms with Crippen LogP contribution < -0.4 is 5.32 Å². The summed E-state index contributed by atoms with van der Waals surface area (Å²) in [5.74, 6) is 0. The minimum Gasteiger partial charge on any atom is -0.356 e. The van der Waals surface area contributed by atoms with Crippen molar-refractivity contribution in [2.24, 2.45) is 0 Å². The highest BCUT2D eigenvalue weighted by Gasteiger charge is 2.03. The van der Waals surface area contributed by atoms with Crippen LogP contribution in [0.2, 0.25) is 0 Å². The zero-order valence-corrected chi connectivity index (χ0v) is 20.2. The molecule has 0 bridgehead atoms. The Morgan fingerprint density at radius 3 is 2.35 bits per heavy atom. The smallest absolute Gasteiger partial charge is 0.0390 e. The Balaban J connectivity index is 2.27. The number of hydrogen-bond acceptors (Lipinski definition) is 1. The van der Waals surface area contributed by atoms with Crippen molar-refractivity contribution in [3.63, 3.8) is 0 Å². The van der Waals surface area contributed by atoms with Gasteiger partial charge in [0.15, 0.2) is 0 Å². The first-order valence-electron chi connectivity index (χ1n) is 11.2. The quantitative estimate of drug-likeness (QED) is 0.427. The maximum absolute atomic E-state index is 3.60. The lowest BCUT2D eigenvalue weighted by Crippen LogP contribution is -1.98. The van der Waals surface area contributed by atoms with Crippen LogP contribution in [0.25, 0.3) is 11.6 Å². The molecule has 1 nitrogen and oxygen atoms in total. The maximum atomic E-state index is 3.60. The number of nitrogens with one attached hydrogen (secondary N) is 1. The summed E-state index contributed by atoms with van der Waals surface area (Å²) in [4.78, 5) is 0. The monoisotopic (exact) mass is 411 g/mol. The van der Waals surface area contributed by atoms with E-state index in [1.165, 1.54) is 39.0 Å². The van der Waals surface area contributed by atoms with Crippen LogP contribution in [0, 0.1) is 6.92 Å². The van der Waals surface area contributed by atoms with E-state index in [9.17, 15) is 0 Å². The van der Waals surface area contributed by atoms with E-state index in [1.54, 1.807) is 0 Å². The molecule has 162 valence electrons. The van der Waals surface area contributed by atoms with Gasteiger partial charge in [-0.1, -0.05) is 78.8 Å². The third-order valence-electron chi connectivity index (χ3n) is 5.43. The van der Waals surface area contributed by atoms with Crippen molar-refractivity contribution in [1.82, 2.24) is 0 Å². The summed E-state index contributed by atoms with van der Waals surface area (Å²) in [7, 11) is 0. The van der Waals surface area contributed by atoms with Gasteiger partial charge in [-0.15, -0.1) is 0 Å². The number of rotatable bonds is 8. The molecular weight excluding hydrogens is 374 g/mol. The molecule has 2 aromatic rings. The molecule has 0 radical (unpaired) electrons. The Labute approximate surface area is 189 Å². The zero-order valence-electron chi connectivity index (χ0n) is 20.2. The van der Waals surface area contributed by atoms with Gasteiger partial charge < -0.3 is 5.32 Å². The van der Waals surface area contributed by atoms with Crippen molar-refractivity contribution in [2.45, 2.75) is 54.9 Å². The highest BCUT2D eigenvalue weighted by atomic mass is 14.9. The van der Waals surface area contributed by atoms with Crippen molar-refractivity contribution >= 4 is 17.3 Å². The number of hydrogen-bond donors (Lipinski definition) is 1. The second kappa shape index (κ2) is 12.0. The van der Waals surface area contributed by atoms with Gasteiger partial charge in [0, 0.05) is 11.4 Å². The molecule has 2 rings (SSSR count). The van der Waals surface area contributed by atoms with Gasteiger partial charge in [-0.25, -0.2) is 0 Å². The lowest BCUT2D eigenvalue weighted by atomic mass is 9.98. The van der Waals surface area contributed by atoms with Gasteiger partial charge in [0.1, 0.15) is 0 Å². The van der Waals surface area contributed by atoms with Gasteiger partial charge in [-0.2, -0.15) is 0 Å². The van der Waals surface area contributed by atoms with Crippen molar-refractivity contribution < 1.29 is 0 Å². The van der Waals surface area contributed by atoms with E-state index in [-0.39, 0.29) is 0 Å². The highest BCUT2D eigenvalue weighted by Crippen LogP contribution is 2.25. The van der Waals surface area contributed by atoms with Gasteiger partial charge in [0.25, 0.3) is 0 Å². The number of allylic oxidation sites excluding steroid dienone is 8. The van der Waals surface area contributed by atoms with Crippen molar-refractivity contribution in [1.29, 1.82) is 0 Å². The van der Waals surface area contributed by atoms with Crippen LogP contribution in [0.15, 0.2) is 95.3 Å². The molecule has 0 aliphatic carbocycles. The van der Waals surface area contributed by atoms with E-state index in [2.05, 4.69) is 133 Å². The summed E-state index contributed by atoms with van der Waals surface area (Å²) >= 11 is 0. The van der Waals surface area contributed by atoms with Crippen molar-refractivity contribution in [3.05, 3.63) is 112 Å². The van der Waals surface area contributed by atoms with Crippen molar-refractivity contribution in [3.8, 4) is 0 Å². The van der Waals surface area contributed by atoms with Gasteiger partial charge in [0.05, 0.1) is 0 Å². The summed E-state index contributed by atoms with van der Waals surface area (Å²) in [5, 5.41) is 3.60. The summed E-state index contributed by atoms with van der Waals surface area (Å²) in [5.41, 5.74) is 11.1. The fourth-order valence-corrected chi connectivity index (χ4v) is 3.35. The van der Waals surface area contributed by atoms with E-state index in [1.807, 2.05) is 0 Å². The molecule has 1 heteroatoms. The third kappa shape index (κ3) is 7.61. The molecule has 0 fully saturated rings. The lowest BCUT2D eigenvalue weighted by molar-refractivity contribution is 1.20. The molecule has 0 unspecified atom stereocenters. The number of benzene rings is 2. The second-order valence-electron chi connectivity index (χ2n) is 8.22. The maximum Gasteiger partial charge on any atom is 0.0390 e. The molecule has 0 amide bonds. The van der Waals surface area contributed by atoms with Crippen LogP contribution in [0.4, 0.5) is 5.69 Å². The molecule has 0 aromatic heterocycles. The first-order chi connectivity index (χ1) is 14.8. The molecule has 0 saturated carbocycles. The topological polar surface area (TPSA) is 12.0 Å². The summed E-state index contributed by atoms with van der Waals surface area (Å²) in [6, 6.07) is 17.2. The summed E-state index contributed by atoms with van der Waals surface area (Å²) in [6.45, 7) is 15.1. The van der Waals surface area contributed by atoms with Gasteiger partial charge >= 0.3 is 0 Å². The number of aryl methyl sites for hydroxylation is 1. The van der Waals surface area contributed by atoms with Crippen LogP contribution in [-0.4, -0.2) is 0 Å². The predicted octanol–water partition coefficient (Wildman–Crippen LogP) is 9.12. The van der Waals surface area contributed by atoms with Crippen molar-refractivity contribution in [2.75, 3.05) is 5.32 Å². The Kier molecular flexibility index (Phi) is 9.34. The normalized spacial score (nSPS) is 12.9. The second-order valence-corrected chi connectivity index (χ2v) is 8.22. The minimum atomic E-state index is 0.976. The largest absolute Gasteiger partial charge is 0.356 e. The zero-order chi connectivity index (χ0) is 22.8. The molecule has 0 saturated heterocycles. The van der Waals surface area contributed by atoms with Crippen LogP contribution >= 0.6 is 0 Å². The van der Waals surface area contributed by atoms with Crippen LogP contribution in [0.5, 0.6) is 0 Å². The Bertz CT molecular complexity index is 1040. The van der Waals surface area contributed by atoms with E-state index >= 15 is 0 Å². The number of anilines is 1. The van der Waals surface area contributed by atoms with E-state index in [0.717, 1.165) is 17.8 Å². The van der Waals surface area contributed by atoms with Crippen LogP contribution in [0.1, 0.15) is 64.7 Å². The predicted molar refractivity (Wildman–Crippen MR) is 140 cm³/mol. The first-order valence-corrected chi connectivity index (χ1v) is 11.2. The molecular formula is C30H37N. The first kappa shape index (κ1) is 24.2. The molecule has 0 atom stereocenters. The van der Waals surface area contributed by atoms with E-state index in [0.29, 0.717) is 0 Å². The molecule has 2 aromatic carbocycles. The molecule has 0 aliphatic rings. The molecule has 31 heavy (non-hydrogen) atoms. The Hall–Kier alpha value is -3.06. The van der Waals surface area contributed by atoms with E-state index < -0.39 is 0 Å². The average Bonchev–Trinajstić information content (AvgIpc) is 2.75. The van der Waals surface area contributed by atoms with Gasteiger partial charge in [0.2, 0.25) is 0 Å². The lowest BCUT2D eigenvalue weighted by Gasteiger charge is -2.12. The molecule has 0 heterocycles. The Morgan fingerprint density at radius 1 is 0.968 bits per heavy atom. The standard InChI is InChI=1S/C30H37N/c1-8-12-29(18-17-26-14-10-13-23(5)19-26)31-30-16-11-15-28(21-30)27(9-2)20-24(6)25(7)22(3)4/h9-21,31H,8H2,1-7H3/b18-17+,24-20+,27-9+,29-12+. The van der Waals surface area contributed by atoms with Crippen LogP contribution in [0.3, 0.4) is 0 Å². The summed E-state index contributed by atoms with van der Waals surface area (Å²) in [6.07, 6.45) is 12.0. The van der Waals surface area contributed by atoms with Gasteiger partial charge in [-0.3, -0.25) is 0 Å². The SMILES string of the molecule is C/C=C(\C=C(/C)C(C)=C(C)C)c1cccc(NC(/C=C/c2cccc(C)c2)=C/CC)c1. The average molecular weight is 412 g/mol. The van der Waals surface area contributed by atoms with E-state index in [4.69, 9.17) is 0 Å².